The van der Waals surface area contributed by atoms with Gasteiger partial charge in [0.25, 0.3) is 17.7 Å². The number of hydrogen-bond donors (Lipinski definition) is 1. The molecule has 0 aliphatic carbocycles. The minimum absolute atomic E-state index is 0.0342. The van der Waals surface area contributed by atoms with Crippen molar-refractivity contribution in [1.82, 2.24) is 45.1 Å². The Morgan fingerprint density at radius 2 is 0.867 bits per heavy atom. The molecule has 0 aliphatic rings. The van der Waals surface area contributed by atoms with Gasteiger partial charge in [0.05, 0.1) is 44.5 Å². The van der Waals surface area contributed by atoms with E-state index in [2.05, 4.69) is 25.4 Å². The Labute approximate surface area is 609 Å². The number of carbonyl (C=O) groups is 3. The van der Waals surface area contributed by atoms with Crippen LogP contribution >= 0.6 is 11.6 Å². The Balaban J connectivity index is 0.619. The number of carbonyl (C=O) groups excluding carboxylic acids is 2. The van der Waals surface area contributed by atoms with Crippen molar-refractivity contribution < 1.29 is 65.5 Å². The van der Waals surface area contributed by atoms with Crippen molar-refractivity contribution in [2.45, 2.75) is 60.2 Å². The van der Waals surface area contributed by atoms with Crippen molar-refractivity contribution in [2.24, 2.45) is 0 Å². The number of rotatable bonds is 29. The number of aryl methyl sites for hydroxylation is 3. The fraction of sp³-hybridized carbons (Fsp3) is 0.222. The first kappa shape index (κ1) is 73.5. The number of aliphatic carboxylic acids is 1. The number of aromatic nitrogens is 6. The van der Waals surface area contributed by atoms with Crippen LogP contribution in [0.2, 0.25) is 5.02 Å². The Hall–Kier alpha value is -11.3. The third kappa shape index (κ3) is 17.7. The van der Waals surface area contributed by atoms with Crippen LogP contribution in [0.25, 0.3) is 102 Å². The number of carboxylic acid groups (broad SMARTS) is 1. The highest BCUT2D eigenvalue weighted by atomic mass is 35.5. The molecule has 0 spiro atoms. The highest BCUT2D eigenvalue weighted by molar-refractivity contribution is 6.33. The molecule has 21 nitrogen and oxygen atoms in total. The van der Waals surface area contributed by atoms with Crippen LogP contribution in [0.3, 0.4) is 0 Å². The van der Waals surface area contributed by atoms with Crippen molar-refractivity contribution in [1.29, 1.82) is 0 Å². The van der Waals surface area contributed by atoms with Crippen LogP contribution < -0.4 is 9.47 Å². The summed E-state index contributed by atoms with van der Waals surface area (Å²) in [6, 6.07) is 50.9. The Bertz CT molecular complexity index is 5160. The number of benzene rings is 9. The summed E-state index contributed by atoms with van der Waals surface area (Å²) in [5.41, 5.74) is 16.5. The summed E-state index contributed by atoms with van der Waals surface area (Å²) in [5.74, 6) is -1.12. The lowest BCUT2D eigenvalue weighted by Crippen LogP contribution is -2.29. The second-order valence-electron chi connectivity index (χ2n) is 25.8. The Kier molecular flexibility index (Phi) is 23.1. The van der Waals surface area contributed by atoms with Crippen LogP contribution in [0.1, 0.15) is 50.1 Å². The summed E-state index contributed by atoms with van der Waals surface area (Å²) in [7, 11) is 10.1. The third-order valence-corrected chi connectivity index (χ3v) is 17.9. The SMILES string of the molecule is COCc1cc(-c2nc(-c3ccc(CN(C)CC(=O)Oc4ccc(-c5ccc(-c6nc(-c7ccc(CN(C)CC(=O)O)cc7)no6)cc5COC)c(Cl)c4F)c(C)c3)no2)ccc1-c1ccc(OC(=O)CN(C)Cc2ccc(-c3noc(-c4ccc(-c5cc(F)ccc5C)c(COC)c4)n3)cc2)cc1C. The molecule has 3 heterocycles. The van der Waals surface area contributed by atoms with E-state index in [-0.39, 0.29) is 55.3 Å². The molecule has 24 heteroatoms. The van der Waals surface area contributed by atoms with Gasteiger partial charge in [-0.25, -0.2) is 8.78 Å². The van der Waals surface area contributed by atoms with Crippen LogP contribution in [-0.2, 0) is 68.0 Å². The zero-order valence-corrected chi connectivity index (χ0v) is 59.9. The third-order valence-electron chi connectivity index (χ3n) is 17.6. The lowest BCUT2D eigenvalue weighted by atomic mass is 9.94. The molecule has 0 atom stereocenters. The number of nitrogens with zero attached hydrogens (tertiary/aromatic N) is 9. The van der Waals surface area contributed by atoms with Gasteiger partial charge in [-0.05, 0) is 199 Å². The molecule has 0 amide bonds. The summed E-state index contributed by atoms with van der Waals surface area (Å²) in [4.78, 5) is 57.1. The molecular formula is C81H74ClF2N9O12. The fourth-order valence-corrected chi connectivity index (χ4v) is 12.7. The maximum atomic E-state index is 16.1. The predicted octanol–water partition coefficient (Wildman–Crippen LogP) is 15.7. The Morgan fingerprint density at radius 3 is 1.36 bits per heavy atom. The molecule has 0 unspecified atom stereocenters. The lowest BCUT2D eigenvalue weighted by molar-refractivity contribution is -0.138. The average molecular weight is 1440 g/mol. The molecule has 0 fully saturated rings. The number of methoxy groups -OCH3 is 3. The topological polar surface area (TPSA) is 244 Å². The minimum Gasteiger partial charge on any atom is -0.480 e. The van der Waals surface area contributed by atoms with E-state index in [1.807, 2.05) is 148 Å². The van der Waals surface area contributed by atoms with E-state index >= 15 is 4.39 Å². The zero-order chi connectivity index (χ0) is 74.0. The summed E-state index contributed by atoms with van der Waals surface area (Å²) in [5, 5.41) is 21.6. The first-order chi connectivity index (χ1) is 50.7. The van der Waals surface area contributed by atoms with Crippen LogP contribution in [0.15, 0.2) is 183 Å². The van der Waals surface area contributed by atoms with Gasteiger partial charge in [0, 0.05) is 79.9 Å². The molecule has 0 saturated carbocycles. The van der Waals surface area contributed by atoms with Crippen molar-refractivity contribution in [3.63, 3.8) is 0 Å². The number of hydrogen-bond acceptors (Lipinski definition) is 20. The molecule has 0 aliphatic heterocycles. The summed E-state index contributed by atoms with van der Waals surface area (Å²) < 4.78 is 75.6. The van der Waals surface area contributed by atoms with Crippen molar-refractivity contribution in [2.75, 3.05) is 62.1 Å². The molecule has 9 aromatic carbocycles. The van der Waals surface area contributed by atoms with Crippen LogP contribution in [0.4, 0.5) is 8.78 Å². The first-order valence-electron chi connectivity index (χ1n) is 33.4. The van der Waals surface area contributed by atoms with E-state index in [0.29, 0.717) is 106 Å². The average Bonchev–Trinajstić information content (AvgIpc) is 1.76. The smallest absolute Gasteiger partial charge is 0.325 e. The molecule has 12 aromatic rings. The van der Waals surface area contributed by atoms with Gasteiger partial charge >= 0.3 is 17.9 Å². The largest absolute Gasteiger partial charge is 0.480 e. The standard InChI is InChI=1S/C81H74ClF2N9O12/c1-47-10-24-62(83)37-69(47)67-28-23-57(36-61(67)46-100-9)80-86-77(89-104-80)53-17-13-51(14-18-53)39-92(5)42-72(96)101-63-25-29-64(49(3)33-63)65-26-21-55(34-59(65)44-98-7)81-87-78(90-105-81)54-19-20-58(48(2)32-54)40-93(6)43-73(97)102-70-31-30-68(74(82)75(70)84)66-27-22-56(35-60(66)45-99-8)79-85-76(88-103-79)52-15-11-50(12-16-52)38-91(4)41-71(94)95/h10-37H,38-46H2,1-9H3,(H,94,95). The van der Waals surface area contributed by atoms with E-state index in [1.54, 1.807) is 74.5 Å². The van der Waals surface area contributed by atoms with E-state index in [0.717, 1.165) is 72.3 Å². The quantitative estimate of drug-likeness (QED) is 0.0338. The fourth-order valence-electron chi connectivity index (χ4n) is 12.5. The monoisotopic (exact) mass is 1440 g/mol. The van der Waals surface area contributed by atoms with Crippen molar-refractivity contribution >= 4 is 29.5 Å². The van der Waals surface area contributed by atoms with Gasteiger partial charge in [-0.15, -0.1) is 0 Å². The lowest BCUT2D eigenvalue weighted by Gasteiger charge is -2.18. The zero-order valence-electron chi connectivity index (χ0n) is 59.1. The molecule has 1 N–H and O–H groups in total. The maximum Gasteiger partial charge on any atom is 0.325 e. The molecule has 105 heavy (non-hydrogen) atoms. The molecular weight excluding hydrogens is 1360 g/mol. The second-order valence-corrected chi connectivity index (χ2v) is 26.1. The predicted molar refractivity (Wildman–Crippen MR) is 391 cm³/mol. The number of carboxylic acids is 1. The number of ether oxygens (including phenoxy) is 5. The van der Waals surface area contributed by atoms with Crippen LogP contribution in [0, 0.1) is 32.4 Å². The van der Waals surface area contributed by atoms with Crippen LogP contribution in [0.5, 0.6) is 11.5 Å². The Morgan fingerprint density at radius 1 is 0.429 bits per heavy atom. The molecule has 0 bridgehead atoms. The number of esters is 2. The van der Waals surface area contributed by atoms with E-state index in [4.69, 9.17) is 58.9 Å². The minimum atomic E-state index is -0.906. The summed E-state index contributed by atoms with van der Waals surface area (Å²) in [6.45, 7) is 7.63. The van der Waals surface area contributed by atoms with E-state index in [1.165, 1.54) is 25.3 Å². The molecule has 3 aromatic heterocycles. The number of likely N-dealkylation sites (N-methyl/N-ethyl adjacent to an activating group) is 3. The highest BCUT2D eigenvalue weighted by Crippen LogP contribution is 2.40. The maximum absolute atomic E-state index is 16.1. The first-order valence-corrected chi connectivity index (χ1v) is 33.8. The number of halogens is 3. The summed E-state index contributed by atoms with van der Waals surface area (Å²) in [6.07, 6.45) is 0. The van der Waals surface area contributed by atoms with Gasteiger partial charge in [0.2, 0.25) is 17.5 Å². The summed E-state index contributed by atoms with van der Waals surface area (Å²) >= 11 is 6.69. The van der Waals surface area contributed by atoms with E-state index < -0.39 is 23.7 Å². The van der Waals surface area contributed by atoms with Gasteiger partial charge in [0.15, 0.2) is 11.6 Å². The molecule has 12 rings (SSSR count). The molecule has 0 saturated heterocycles. The molecule has 0 radical (unpaired) electrons. The van der Waals surface area contributed by atoms with E-state index in [9.17, 15) is 18.8 Å². The van der Waals surface area contributed by atoms with Gasteiger partial charge in [-0.2, -0.15) is 15.0 Å². The van der Waals surface area contributed by atoms with Gasteiger partial charge in [-0.1, -0.05) is 118 Å². The molecule has 536 valence electrons. The van der Waals surface area contributed by atoms with Crippen molar-refractivity contribution in [3.8, 4) is 113 Å². The van der Waals surface area contributed by atoms with Crippen LogP contribution in [-0.4, -0.2) is 130 Å². The highest BCUT2D eigenvalue weighted by Gasteiger charge is 2.24. The normalized spacial score (nSPS) is 11.5. The van der Waals surface area contributed by atoms with Crippen molar-refractivity contribution in [3.05, 3.63) is 237 Å². The second kappa shape index (κ2) is 33.0. The van der Waals surface area contributed by atoms with Gasteiger partial charge in [-0.3, -0.25) is 29.1 Å². The van der Waals surface area contributed by atoms with Gasteiger partial charge in [0.1, 0.15) is 11.6 Å². The van der Waals surface area contributed by atoms with Gasteiger partial charge < -0.3 is 42.4 Å².